The van der Waals surface area contributed by atoms with Gasteiger partial charge in [-0.3, -0.25) is 4.99 Å². The normalized spacial score (nSPS) is 11.4. The summed E-state index contributed by atoms with van der Waals surface area (Å²) in [6.07, 6.45) is 1.59. The van der Waals surface area contributed by atoms with Gasteiger partial charge in [0.25, 0.3) is 0 Å². The van der Waals surface area contributed by atoms with Crippen LogP contribution >= 0.6 is 11.6 Å². The van der Waals surface area contributed by atoms with Crippen LogP contribution in [0.5, 0.6) is 5.75 Å². The van der Waals surface area contributed by atoms with Gasteiger partial charge in [0.05, 0.1) is 10.7 Å². The molecule has 1 N–H and O–H groups in total. The number of hydrogen-bond acceptors (Lipinski definition) is 4. The van der Waals surface area contributed by atoms with Gasteiger partial charge >= 0.3 is 5.63 Å². The Morgan fingerprint density at radius 1 is 1.18 bits per heavy atom. The Morgan fingerprint density at radius 3 is 2.77 bits per heavy atom. The van der Waals surface area contributed by atoms with Crippen LogP contribution in [-0.2, 0) is 0 Å². The van der Waals surface area contributed by atoms with Crippen molar-refractivity contribution in [1.29, 1.82) is 0 Å². The van der Waals surface area contributed by atoms with Crippen molar-refractivity contribution in [1.82, 2.24) is 0 Å². The average molecular weight is 314 g/mol. The molecule has 0 atom stereocenters. The van der Waals surface area contributed by atoms with E-state index in [0.717, 1.165) is 10.9 Å². The van der Waals surface area contributed by atoms with Crippen LogP contribution in [0.25, 0.3) is 11.0 Å². The minimum Gasteiger partial charge on any atom is -0.508 e. The van der Waals surface area contributed by atoms with Gasteiger partial charge in [-0.2, -0.15) is 0 Å². The molecule has 0 amide bonds. The molecule has 5 heteroatoms. The molecule has 0 saturated heterocycles. The Bertz CT molecular complexity index is 944. The molecule has 3 aromatic rings. The number of hydrogen-bond donors (Lipinski definition) is 1. The zero-order chi connectivity index (χ0) is 15.7. The third kappa shape index (κ3) is 2.87. The zero-order valence-electron chi connectivity index (χ0n) is 11.7. The first-order chi connectivity index (χ1) is 10.5. The Morgan fingerprint density at radius 2 is 2.00 bits per heavy atom. The van der Waals surface area contributed by atoms with E-state index in [1.807, 2.05) is 19.1 Å². The van der Waals surface area contributed by atoms with Crippen molar-refractivity contribution in [2.24, 2.45) is 4.99 Å². The third-order valence-corrected chi connectivity index (χ3v) is 3.60. The summed E-state index contributed by atoms with van der Waals surface area (Å²) in [6, 6.07) is 11.5. The summed E-state index contributed by atoms with van der Waals surface area (Å²) in [6.45, 7) is 1.86. The number of fused-ring (bicyclic) bond motifs is 1. The minimum absolute atomic E-state index is 0.102. The van der Waals surface area contributed by atoms with Crippen molar-refractivity contribution in [3.8, 4) is 5.75 Å². The van der Waals surface area contributed by atoms with Crippen LogP contribution in [0.2, 0.25) is 5.02 Å². The lowest BCUT2D eigenvalue weighted by Crippen LogP contribution is -1.97. The lowest BCUT2D eigenvalue weighted by molar-refractivity contribution is 0.475. The third-order valence-electron chi connectivity index (χ3n) is 3.27. The molecular weight excluding hydrogens is 302 g/mol. The molecule has 0 saturated carbocycles. The van der Waals surface area contributed by atoms with Crippen LogP contribution < -0.4 is 5.63 Å². The van der Waals surface area contributed by atoms with Gasteiger partial charge in [-0.05, 0) is 42.8 Å². The fourth-order valence-electron chi connectivity index (χ4n) is 2.16. The zero-order valence-corrected chi connectivity index (χ0v) is 12.5. The lowest BCUT2D eigenvalue weighted by atomic mass is 10.1. The predicted octanol–water partition coefficient (Wildman–Crippen LogP) is 4.21. The molecule has 0 aliphatic heterocycles. The summed E-state index contributed by atoms with van der Waals surface area (Å²) >= 11 is 6.02. The van der Waals surface area contributed by atoms with E-state index in [4.69, 9.17) is 16.0 Å². The van der Waals surface area contributed by atoms with Crippen molar-refractivity contribution in [3.05, 3.63) is 69.0 Å². The van der Waals surface area contributed by atoms with E-state index in [1.165, 1.54) is 18.2 Å². The van der Waals surface area contributed by atoms with Gasteiger partial charge in [-0.15, -0.1) is 0 Å². The quantitative estimate of drug-likeness (QED) is 0.569. The molecule has 4 nitrogen and oxygen atoms in total. The van der Waals surface area contributed by atoms with Gasteiger partial charge in [0.2, 0.25) is 0 Å². The van der Waals surface area contributed by atoms with Gasteiger partial charge in [0.15, 0.2) is 0 Å². The van der Waals surface area contributed by atoms with Gasteiger partial charge < -0.3 is 9.52 Å². The Kier molecular flexibility index (Phi) is 3.69. The Labute approximate surface area is 131 Å². The van der Waals surface area contributed by atoms with E-state index in [9.17, 15) is 9.90 Å². The first-order valence-electron chi connectivity index (χ1n) is 6.60. The van der Waals surface area contributed by atoms with Crippen LogP contribution in [0.3, 0.4) is 0 Å². The Hall–Kier alpha value is -2.59. The van der Waals surface area contributed by atoms with Crippen LogP contribution in [0.4, 0.5) is 5.69 Å². The van der Waals surface area contributed by atoms with E-state index in [-0.39, 0.29) is 11.4 Å². The highest BCUT2D eigenvalue weighted by atomic mass is 35.5. The highest BCUT2D eigenvalue weighted by Gasteiger charge is 2.03. The number of benzene rings is 2. The van der Waals surface area contributed by atoms with E-state index < -0.39 is 0 Å². The molecule has 0 unspecified atom stereocenters. The summed E-state index contributed by atoms with van der Waals surface area (Å²) < 4.78 is 5.19. The monoisotopic (exact) mass is 313 g/mol. The molecule has 1 aromatic heterocycles. The van der Waals surface area contributed by atoms with E-state index in [0.29, 0.717) is 21.9 Å². The summed E-state index contributed by atoms with van der Waals surface area (Å²) in [5, 5.41) is 10.6. The summed E-state index contributed by atoms with van der Waals surface area (Å²) in [5.41, 5.74) is 2.31. The van der Waals surface area contributed by atoms with Crippen molar-refractivity contribution in [2.45, 2.75) is 6.92 Å². The molecule has 0 radical (unpaired) electrons. The minimum atomic E-state index is -0.382. The molecule has 1 heterocycles. The second-order valence-corrected chi connectivity index (χ2v) is 5.30. The average Bonchev–Trinajstić information content (AvgIpc) is 2.45. The SMILES string of the molecule is Cc1cc(=O)oc2cc(N=Cc3ccc(O)cc3Cl)ccc12. The highest BCUT2D eigenvalue weighted by molar-refractivity contribution is 6.33. The topological polar surface area (TPSA) is 62.8 Å². The Balaban J connectivity index is 2.00. The van der Waals surface area contributed by atoms with Crippen LogP contribution in [0.1, 0.15) is 11.1 Å². The number of nitrogens with zero attached hydrogens (tertiary/aromatic N) is 1. The van der Waals surface area contributed by atoms with E-state index >= 15 is 0 Å². The summed E-state index contributed by atoms with van der Waals surface area (Å²) in [4.78, 5) is 15.7. The van der Waals surface area contributed by atoms with Gasteiger partial charge in [-0.1, -0.05) is 11.6 Å². The second kappa shape index (κ2) is 5.66. The van der Waals surface area contributed by atoms with Crippen molar-refractivity contribution >= 4 is 34.5 Å². The van der Waals surface area contributed by atoms with Crippen molar-refractivity contribution < 1.29 is 9.52 Å². The number of halogens is 1. The molecule has 2 aromatic carbocycles. The van der Waals surface area contributed by atoms with E-state index in [2.05, 4.69) is 4.99 Å². The van der Waals surface area contributed by atoms with Gasteiger partial charge in [0, 0.05) is 29.3 Å². The van der Waals surface area contributed by atoms with Crippen LogP contribution in [0.15, 0.2) is 56.7 Å². The number of phenols is 1. The van der Waals surface area contributed by atoms with Crippen LogP contribution in [0, 0.1) is 6.92 Å². The second-order valence-electron chi connectivity index (χ2n) is 4.89. The van der Waals surface area contributed by atoms with Gasteiger partial charge in [-0.25, -0.2) is 4.79 Å². The molecular formula is C17H12ClNO3. The first-order valence-corrected chi connectivity index (χ1v) is 6.98. The number of aryl methyl sites for hydroxylation is 1. The fourth-order valence-corrected chi connectivity index (χ4v) is 2.38. The molecule has 0 fully saturated rings. The number of phenolic OH excluding ortho intramolecular Hbond substituents is 1. The summed E-state index contributed by atoms with van der Waals surface area (Å²) in [7, 11) is 0. The van der Waals surface area contributed by atoms with Gasteiger partial charge in [0.1, 0.15) is 11.3 Å². The van der Waals surface area contributed by atoms with Crippen molar-refractivity contribution in [3.63, 3.8) is 0 Å². The lowest BCUT2D eigenvalue weighted by Gasteiger charge is -2.02. The fraction of sp³-hybridized carbons (Fsp3) is 0.0588. The molecule has 3 rings (SSSR count). The maximum atomic E-state index is 11.4. The first kappa shape index (κ1) is 14.4. The maximum Gasteiger partial charge on any atom is 0.336 e. The molecule has 0 aliphatic carbocycles. The molecule has 0 bridgehead atoms. The molecule has 22 heavy (non-hydrogen) atoms. The molecule has 110 valence electrons. The number of aliphatic imine (C=N–C) groups is 1. The van der Waals surface area contributed by atoms with E-state index in [1.54, 1.807) is 18.3 Å². The van der Waals surface area contributed by atoms with Crippen LogP contribution in [-0.4, -0.2) is 11.3 Å². The predicted molar refractivity (Wildman–Crippen MR) is 87.6 cm³/mol. The standard InChI is InChI=1S/C17H12ClNO3/c1-10-6-17(21)22-16-7-12(3-5-14(10)16)19-9-11-2-4-13(20)8-15(11)18/h2-9,20H,1H3. The molecule has 0 spiro atoms. The number of aromatic hydroxyl groups is 1. The highest BCUT2D eigenvalue weighted by Crippen LogP contribution is 2.24. The smallest absolute Gasteiger partial charge is 0.336 e. The summed E-state index contributed by atoms with van der Waals surface area (Å²) in [5.74, 6) is 0.102. The maximum absolute atomic E-state index is 11.4. The number of rotatable bonds is 2. The molecule has 0 aliphatic rings. The largest absolute Gasteiger partial charge is 0.508 e. The van der Waals surface area contributed by atoms with Crippen molar-refractivity contribution in [2.75, 3.05) is 0 Å².